The van der Waals surface area contributed by atoms with Gasteiger partial charge in [0.25, 0.3) is 0 Å². The van der Waals surface area contributed by atoms with E-state index in [0.717, 1.165) is 25.3 Å². The van der Waals surface area contributed by atoms with Crippen molar-refractivity contribution in [2.45, 2.75) is 67.0 Å². The topological polar surface area (TPSA) is 26.8 Å². The highest BCUT2D eigenvalue weighted by Gasteiger charge is 2.30. The van der Waals surface area contributed by atoms with E-state index in [4.69, 9.17) is 0 Å². The lowest BCUT2D eigenvalue weighted by Crippen LogP contribution is -2.39. The third kappa shape index (κ3) is 5.61. The van der Waals surface area contributed by atoms with Gasteiger partial charge in [-0.3, -0.25) is 4.79 Å². The minimum Gasteiger partial charge on any atom is -0.372 e. The van der Waals surface area contributed by atoms with Crippen LogP contribution in [0.15, 0.2) is 48.5 Å². The molecule has 0 atom stereocenters. The highest BCUT2D eigenvalue weighted by atomic mass is 16.2. The van der Waals surface area contributed by atoms with Gasteiger partial charge in [-0.15, -0.1) is 0 Å². The first-order valence-electron chi connectivity index (χ1n) is 11.8. The van der Waals surface area contributed by atoms with Crippen LogP contribution in [0.2, 0.25) is 0 Å². The van der Waals surface area contributed by atoms with Gasteiger partial charge in [0.1, 0.15) is 0 Å². The Kier molecular flexibility index (Phi) is 7.30. The zero-order chi connectivity index (χ0) is 22.6. The van der Waals surface area contributed by atoms with Crippen LogP contribution < -0.4 is 14.7 Å². The molecule has 0 spiro atoms. The highest BCUT2D eigenvalue weighted by molar-refractivity contribution is 5.97. The van der Waals surface area contributed by atoms with E-state index in [1.165, 1.54) is 29.8 Å². The molecular weight excluding hydrogens is 382 g/mol. The minimum atomic E-state index is -0.446. The predicted molar refractivity (Wildman–Crippen MR) is 133 cm³/mol. The van der Waals surface area contributed by atoms with Crippen molar-refractivity contribution in [3.05, 3.63) is 54.1 Å². The van der Waals surface area contributed by atoms with Crippen molar-refractivity contribution in [3.63, 3.8) is 0 Å². The third-order valence-electron chi connectivity index (χ3n) is 6.09. The van der Waals surface area contributed by atoms with Gasteiger partial charge in [-0.1, -0.05) is 32.9 Å². The largest absolute Gasteiger partial charge is 0.372 e. The van der Waals surface area contributed by atoms with E-state index >= 15 is 0 Å². The first kappa shape index (κ1) is 23.2. The summed E-state index contributed by atoms with van der Waals surface area (Å²) in [5.74, 6) is 0.142. The Bertz CT molecular complexity index is 861. The smallest absolute Gasteiger partial charge is 0.232 e. The standard InChI is InChI=1S/C27H39N3O/c1-7-28(8-2)22-13-15-24(16-14-22)30(26(31)27(4,5)6)20-21-11-10-12-25(19-21)29(9-3)23-17-18-23/h10-16,19,23H,7-9,17-18,20H2,1-6H3. The van der Waals surface area contributed by atoms with Gasteiger partial charge in [-0.2, -0.15) is 0 Å². The number of hydrogen-bond acceptors (Lipinski definition) is 3. The van der Waals surface area contributed by atoms with Gasteiger partial charge in [-0.05, 0) is 75.6 Å². The Morgan fingerprint density at radius 3 is 2.00 bits per heavy atom. The lowest BCUT2D eigenvalue weighted by atomic mass is 9.94. The van der Waals surface area contributed by atoms with Crippen molar-refractivity contribution < 1.29 is 4.79 Å². The normalized spacial score (nSPS) is 13.7. The second-order valence-electron chi connectivity index (χ2n) is 9.52. The summed E-state index contributed by atoms with van der Waals surface area (Å²) in [6, 6.07) is 17.8. The van der Waals surface area contributed by atoms with E-state index in [-0.39, 0.29) is 5.91 Å². The number of nitrogens with zero attached hydrogens (tertiary/aromatic N) is 3. The van der Waals surface area contributed by atoms with Crippen molar-refractivity contribution in [1.82, 2.24) is 0 Å². The summed E-state index contributed by atoms with van der Waals surface area (Å²) in [6.45, 7) is 16.1. The first-order chi connectivity index (χ1) is 14.8. The SMILES string of the molecule is CCN(CC)c1ccc(N(Cc2cccc(N(CC)C3CC3)c2)C(=O)C(C)(C)C)cc1. The molecule has 0 N–H and O–H groups in total. The van der Waals surface area contributed by atoms with E-state index in [9.17, 15) is 4.79 Å². The Labute approximate surface area is 188 Å². The summed E-state index contributed by atoms with van der Waals surface area (Å²) >= 11 is 0. The molecule has 4 nitrogen and oxygen atoms in total. The Morgan fingerprint density at radius 1 is 0.871 bits per heavy atom. The van der Waals surface area contributed by atoms with Crippen molar-refractivity contribution in [2.24, 2.45) is 5.41 Å². The number of carbonyl (C=O) groups excluding carboxylic acids is 1. The number of carbonyl (C=O) groups is 1. The summed E-state index contributed by atoms with van der Waals surface area (Å²) < 4.78 is 0. The fraction of sp³-hybridized carbons (Fsp3) is 0.519. The van der Waals surface area contributed by atoms with Gasteiger partial charge < -0.3 is 14.7 Å². The predicted octanol–water partition coefficient (Wildman–Crippen LogP) is 6.10. The van der Waals surface area contributed by atoms with Crippen LogP contribution in [0.5, 0.6) is 0 Å². The fourth-order valence-corrected chi connectivity index (χ4v) is 4.17. The van der Waals surface area contributed by atoms with Crippen LogP contribution in [0.4, 0.5) is 17.1 Å². The van der Waals surface area contributed by atoms with E-state index < -0.39 is 5.41 Å². The van der Waals surface area contributed by atoms with Crippen molar-refractivity contribution >= 4 is 23.0 Å². The maximum atomic E-state index is 13.4. The molecule has 0 saturated heterocycles. The number of rotatable bonds is 9. The van der Waals surface area contributed by atoms with Crippen LogP contribution in [-0.2, 0) is 11.3 Å². The molecule has 3 rings (SSSR count). The van der Waals surface area contributed by atoms with Gasteiger partial charge in [0.2, 0.25) is 5.91 Å². The molecule has 1 fully saturated rings. The van der Waals surface area contributed by atoms with Crippen molar-refractivity contribution in [3.8, 4) is 0 Å². The maximum Gasteiger partial charge on any atom is 0.232 e. The average Bonchev–Trinajstić information content (AvgIpc) is 3.58. The van der Waals surface area contributed by atoms with Crippen LogP contribution in [0.25, 0.3) is 0 Å². The summed E-state index contributed by atoms with van der Waals surface area (Å²) in [7, 11) is 0. The molecule has 2 aromatic carbocycles. The van der Waals surface area contributed by atoms with Gasteiger partial charge >= 0.3 is 0 Å². The van der Waals surface area contributed by atoms with Crippen LogP contribution in [-0.4, -0.2) is 31.6 Å². The average molecular weight is 422 g/mol. The van der Waals surface area contributed by atoms with E-state index in [0.29, 0.717) is 12.6 Å². The molecule has 0 heterocycles. The Balaban J connectivity index is 1.89. The van der Waals surface area contributed by atoms with Crippen LogP contribution in [0.3, 0.4) is 0 Å². The second kappa shape index (κ2) is 9.76. The van der Waals surface area contributed by atoms with E-state index in [1.54, 1.807) is 0 Å². The number of anilines is 3. The van der Waals surface area contributed by atoms with E-state index in [1.807, 2.05) is 25.7 Å². The number of hydrogen-bond donors (Lipinski definition) is 0. The molecule has 0 radical (unpaired) electrons. The highest BCUT2D eigenvalue weighted by Crippen LogP contribution is 2.33. The first-order valence-corrected chi connectivity index (χ1v) is 11.8. The molecule has 0 aromatic heterocycles. The Morgan fingerprint density at radius 2 is 1.48 bits per heavy atom. The summed E-state index contributed by atoms with van der Waals surface area (Å²) in [5.41, 5.74) is 4.14. The zero-order valence-corrected chi connectivity index (χ0v) is 20.2. The second-order valence-corrected chi connectivity index (χ2v) is 9.52. The third-order valence-corrected chi connectivity index (χ3v) is 6.09. The monoisotopic (exact) mass is 421 g/mol. The lowest BCUT2D eigenvalue weighted by Gasteiger charge is -2.31. The molecule has 168 valence electrons. The molecular formula is C27H39N3O. The molecule has 1 amide bonds. The van der Waals surface area contributed by atoms with Gasteiger partial charge in [0.15, 0.2) is 0 Å². The van der Waals surface area contributed by atoms with E-state index in [2.05, 4.69) is 79.1 Å². The van der Waals surface area contributed by atoms with Crippen molar-refractivity contribution in [1.29, 1.82) is 0 Å². The molecule has 0 bridgehead atoms. The van der Waals surface area contributed by atoms with Gasteiger partial charge in [-0.25, -0.2) is 0 Å². The Hall–Kier alpha value is -2.49. The lowest BCUT2D eigenvalue weighted by molar-refractivity contribution is -0.125. The minimum absolute atomic E-state index is 0.142. The summed E-state index contributed by atoms with van der Waals surface area (Å²) in [5, 5.41) is 0. The fourth-order valence-electron chi connectivity index (χ4n) is 4.17. The number of amides is 1. The maximum absolute atomic E-state index is 13.4. The molecule has 0 aliphatic heterocycles. The van der Waals surface area contributed by atoms with Crippen LogP contribution in [0, 0.1) is 5.41 Å². The molecule has 31 heavy (non-hydrogen) atoms. The molecule has 4 heteroatoms. The van der Waals surface area contributed by atoms with Crippen LogP contribution in [0.1, 0.15) is 59.9 Å². The van der Waals surface area contributed by atoms with Crippen molar-refractivity contribution in [2.75, 3.05) is 34.3 Å². The zero-order valence-electron chi connectivity index (χ0n) is 20.2. The summed E-state index contributed by atoms with van der Waals surface area (Å²) in [6.07, 6.45) is 2.57. The molecule has 1 aliphatic rings. The summed E-state index contributed by atoms with van der Waals surface area (Å²) in [4.78, 5) is 20.1. The van der Waals surface area contributed by atoms with Gasteiger partial charge in [0.05, 0.1) is 6.54 Å². The molecule has 0 unspecified atom stereocenters. The molecule has 1 aliphatic carbocycles. The molecule has 2 aromatic rings. The molecule has 1 saturated carbocycles. The van der Waals surface area contributed by atoms with Gasteiger partial charge in [0, 0.05) is 48.2 Å². The van der Waals surface area contributed by atoms with Crippen LogP contribution >= 0.6 is 0 Å². The number of benzene rings is 2. The quantitative estimate of drug-likeness (QED) is 0.489.